The molecule has 0 amide bonds. The van der Waals surface area contributed by atoms with Gasteiger partial charge in [0.05, 0.1) is 18.6 Å². The third-order valence-electron chi connectivity index (χ3n) is 2.36. The molecule has 0 aliphatic carbocycles. The van der Waals surface area contributed by atoms with Gasteiger partial charge in [0, 0.05) is 5.02 Å². The maximum atomic E-state index is 12.9. The van der Waals surface area contributed by atoms with Crippen LogP contribution in [-0.2, 0) is 15.1 Å². The number of ether oxygens (including phenoxy) is 1. The first-order valence-electron chi connectivity index (χ1n) is 5.27. The van der Waals surface area contributed by atoms with Gasteiger partial charge < -0.3 is 10.5 Å². The Labute approximate surface area is 105 Å². The van der Waals surface area contributed by atoms with Gasteiger partial charge in [0.15, 0.2) is 0 Å². The van der Waals surface area contributed by atoms with E-state index in [0.29, 0.717) is 12.2 Å². The monoisotopic (exact) mass is 259 g/mol. The SMILES string of the molecule is CCOC(=O)CC(C)(N)c1ccc(F)cc1Cl. The van der Waals surface area contributed by atoms with Gasteiger partial charge in [-0.25, -0.2) is 4.39 Å². The van der Waals surface area contributed by atoms with Gasteiger partial charge in [-0.2, -0.15) is 0 Å². The van der Waals surface area contributed by atoms with Crippen LogP contribution in [0.1, 0.15) is 25.8 Å². The fraction of sp³-hybridized carbons (Fsp3) is 0.417. The first-order valence-corrected chi connectivity index (χ1v) is 5.64. The Hall–Kier alpha value is -1.13. The first-order chi connectivity index (χ1) is 7.86. The molecule has 0 aliphatic rings. The number of hydrogen-bond donors (Lipinski definition) is 1. The van der Waals surface area contributed by atoms with Crippen molar-refractivity contribution in [1.29, 1.82) is 0 Å². The summed E-state index contributed by atoms with van der Waals surface area (Å²) in [6, 6.07) is 3.92. The van der Waals surface area contributed by atoms with Crippen LogP contribution in [0.4, 0.5) is 4.39 Å². The standard InChI is InChI=1S/C12H15ClFNO2/c1-3-17-11(16)7-12(2,15)9-5-4-8(14)6-10(9)13/h4-6H,3,7,15H2,1-2H3. The number of carbonyl (C=O) groups is 1. The van der Waals surface area contributed by atoms with Crippen molar-refractivity contribution < 1.29 is 13.9 Å². The van der Waals surface area contributed by atoms with Crippen LogP contribution in [0.25, 0.3) is 0 Å². The highest BCUT2D eigenvalue weighted by Gasteiger charge is 2.28. The molecule has 17 heavy (non-hydrogen) atoms. The molecular weight excluding hydrogens is 245 g/mol. The number of benzene rings is 1. The topological polar surface area (TPSA) is 52.3 Å². The highest BCUT2D eigenvalue weighted by atomic mass is 35.5. The smallest absolute Gasteiger partial charge is 0.307 e. The van der Waals surface area contributed by atoms with Gasteiger partial charge in [-0.1, -0.05) is 17.7 Å². The van der Waals surface area contributed by atoms with Crippen molar-refractivity contribution in [3.8, 4) is 0 Å². The van der Waals surface area contributed by atoms with Crippen LogP contribution in [0.5, 0.6) is 0 Å². The number of nitrogens with two attached hydrogens (primary N) is 1. The van der Waals surface area contributed by atoms with E-state index in [1.54, 1.807) is 13.8 Å². The second kappa shape index (κ2) is 5.47. The molecule has 5 heteroatoms. The lowest BCUT2D eigenvalue weighted by molar-refractivity contribution is -0.144. The van der Waals surface area contributed by atoms with E-state index in [1.165, 1.54) is 18.2 Å². The quantitative estimate of drug-likeness (QED) is 0.846. The van der Waals surface area contributed by atoms with E-state index in [0.717, 1.165) is 0 Å². The minimum Gasteiger partial charge on any atom is -0.466 e. The van der Waals surface area contributed by atoms with Gasteiger partial charge >= 0.3 is 5.97 Å². The van der Waals surface area contributed by atoms with Gasteiger partial charge in [0.1, 0.15) is 5.82 Å². The number of halogens is 2. The summed E-state index contributed by atoms with van der Waals surface area (Å²) in [6.45, 7) is 3.67. The average molecular weight is 260 g/mol. The maximum absolute atomic E-state index is 12.9. The highest BCUT2D eigenvalue weighted by molar-refractivity contribution is 6.31. The zero-order valence-electron chi connectivity index (χ0n) is 9.80. The van der Waals surface area contributed by atoms with Crippen molar-refractivity contribution >= 4 is 17.6 Å². The van der Waals surface area contributed by atoms with Crippen LogP contribution in [0.15, 0.2) is 18.2 Å². The van der Waals surface area contributed by atoms with Crippen LogP contribution < -0.4 is 5.73 Å². The molecule has 1 unspecified atom stereocenters. The number of carbonyl (C=O) groups excluding carboxylic acids is 1. The summed E-state index contributed by atoms with van der Waals surface area (Å²) in [5, 5.41) is 0.208. The van der Waals surface area contributed by atoms with Crippen molar-refractivity contribution in [1.82, 2.24) is 0 Å². The minimum atomic E-state index is -0.975. The summed E-state index contributed by atoms with van der Waals surface area (Å²) in [6.07, 6.45) is -0.00775. The first kappa shape index (κ1) is 13.9. The Morgan fingerprint density at radius 2 is 2.24 bits per heavy atom. The second-order valence-corrected chi connectivity index (χ2v) is 4.43. The summed E-state index contributed by atoms with van der Waals surface area (Å²) in [7, 11) is 0. The van der Waals surface area contributed by atoms with Crippen molar-refractivity contribution in [2.45, 2.75) is 25.8 Å². The molecule has 1 rings (SSSR count). The molecule has 94 valence electrons. The molecule has 0 spiro atoms. The van der Waals surface area contributed by atoms with E-state index >= 15 is 0 Å². The zero-order valence-corrected chi connectivity index (χ0v) is 10.6. The van der Waals surface area contributed by atoms with Crippen LogP contribution >= 0.6 is 11.6 Å². The molecule has 0 saturated heterocycles. The molecule has 0 heterocycles. The van der Waals surface area contributed by atoms with Crippen LogP contribution in [0.3, 0.4) is 0 Å². The third-order valence-corrected chi connectivity index (χ3v) is 2.68. The van der Waals surface area contributed by atoms with E-state index in [4.69, 9.17) is 22.1 Å². The molecule has 0 radical (unpaired) electrons. The molecule has 2 N–H and O–H groups in total. The Bertz CT molecular complexity index is 421. The largest absolute Gasteiger partial charge is 0.466 e. The molecule has 0 aromatic heterocycles. The van der Waals surface area contributed by atoms with E-state index < -0.39 is 17.3 Å². The maximum Gasteiger partial charge on any atom is 0.307 e. The second-order valence-electron chi connectivity index (χ2n) is 4.02. The Morgan fingerprint density at radius 1 is 1.59 bits per heavy atom. The summed E-state index contributed by atoms with van der Waals surface area (Å²) in [5.74, 6) is -0.844. The molecule has 3 nitrogen and oxygen atoms in total. The van der Waals surface area contributed by atoms with Crippen molar-refractivity contribution in [2.75, 3.05) is 6.61 Å². The lowest BCUT2D eigenvalue weighted by Crippen LogP contribution is -2.36. The number of esters is 1. The summed E-state index contributed by atoms with van der Waals surface area (Å²) >= 11 is 5.90. The minimum absolute atomic E-state index is 0.00775. The third kappa shape index (κ3) is 3.68. The van der Waals surface area contributed by atoms with Crippen molar-refractivity contribution in [3.63, 3.8) is 0 Å². The molecule has 0 aliphatic heterocycles. The lowest BCUT2D eigenvalue weighted by Gasteiger charge is -2.25. The fourth-order valence-corrected chi connectivity index (χ4v) is 1.94. The van der Waals surface area contributed by atoms with Gasteiger partial charge in [-0.3, -0.25) is 4.79 Å². The van der Waals surface area contributed by atoms with E-state index in [2.05, 4.69) is 0 Å². The molecule has 1 atom stereocenters. The summed E-state index contributed by atoms with van der Waals surface area (Å²) in [4.78, 5) is 11.4. The molecule has 1 aromatic carbocycles. The fourth-order valence-electron chi connectivity index (χ4n) is 1.56. The summed E-state index contributed by atoms with van der Waals surface area (Å²) < 4.78 is 17.7. The Balaban J connectivity index is 2.92. The Kier molecular flexibility index (Phi) is 4.48. The van der Waals surface area contributed by atoms with Gasteiger partial charge in [-0.05, 0) is 31.5 Å². The van der Waals surface area contributed by atoms with Crippen LogP contribution in [-0.4, -0.2) is 12.6 Å². The molecule has 1 aromatic rings. The van der Waals surface area contributed by atoms with Gasteiger partial charge in [-0.15, -0.1) is 0 Å². The normalized spacial score (nSPS) is 14.2. The van der Waals surface area contributed by atoms with E-state index in [-0.39, 0.29) is 11.4 Å². The van der Waals surface area contributed by atoms with Crippen molar-refractivity contribution in [3.05, 3.63) is 34.6 Å². The molecular formula is C12H15ClFNO2. The molecule has 0 saturated carbocycles. The number of rotatable bonds is 4. The predicted octanol–water partition coefficient (Wildman–Crippen LogP) is 2.61. The van der Waals surface area contributed by atoms with Gasteiger partial charge in [0.2, 0.25) is 0 Å². The van der Waals surface area contributed by atoms with Crippen LogP contribution in [0, 0.1) is 5.82 Å². The lowest BCUT2D eigenvalue weighted by atomic mass is 9.90. The Morgan fingerprint density at radius 3 is 2.76 bits per heavy atom. The van der Waals surface area contributed by atoms with E-state index in [9.17, 15) is 9.18 Å². The predicted molar refractivity (Wildman–Crippen MR) is 64.2 cm³/mol. The van der Waals surface area contributed by atoms with E-state index in [1.807, 2.05) is 0 Å². The highest BCUT2D eigenvalue weighted by Crippen LogP contribution is 2.29. The van der Waals surface area contributed by atoms with Crippen molar-refractivity contribution in [2.24, 2.45) is 5.73 Å². The molecule has 0 bridgehead atoms. The average Bonchev–Trinajstić information content (AvgIpc) is 2.15. The zero-order chi connectivity index (χ0) is 13.1. The van der Waals surface area contributed by atoms with Gasteiger partial charge in [0.25, 0.3) is 0 Å². The number of hydrogen-bond acceptors (Lipinski definition) is 3. The summed E-state index contributed by atoms with van der Waals surface area (Å²) in [5.41, 5.74) is 5.56. The van der Waals surface area contributed by atoms with Crippen LogP contribution in [0.2, 0.25) is 5.02 Å². The molecule has 0 fully saturated rings.